The number of anilines is 3. The van der Waals surface area contributed by atoms with Gasteiger partial charge in [-0.05, 0) is 54.7 Å². The SMILES string of the molecule is COC(=O)CCC1CCN(c2nc(Nc3cc(C(C)(C)C)ccc3C)c3c(ncn3C)n2)CC1. The molecule has 0 bridgehead atoms. The minimum absolute atomic E-state index is 0.0566. The van der Waals surface area contributed by atoms with Gasteiger partial charge in [-0.3, -0.25) is 4.79 Å². The van der Waals surface area contributed by atoms with Gasteiger partial charge in [0.15, 0.2) is 11.5 Å². The van der Waals surface area contributed by atoms with Crippen molar-refractivity contribution in [1.82, 2.24) is 19.5 Å². The minimum Gasteiger partial charge on any atom is -0.469 e. The quantitative estimate of drug-likeness (QED) is 0.520. The van der Waals surface area contributed by atoms with Crippen molar-refractivity contribution in [3.8, 4) is 0 Å². The zero-order chi connectivity index (χ0) is 24.5. The summed E-state index contributed by atoms with van der Waals surface area (Å²) < 4.78 is 6.75. The van der Waals surface area contributed by atoms with Crippen LogP contribution in [0.1, 0.15) is 57.6 Å². The summed E-state index contributed by atoms with van der Waals surface area (Å²) in [5.41, 5.74) is 5.10. The summed E-state index contributed by atoms with van der Waals surface area (Å²) in [4.78, 5) is 28.0. The Balaban J connectivity index is 1.59. The number of fused-ring (bicyclic) bond motifs is 1. The minimum atomic E-state index is -0.132. The first kappa shape index (κ1) is 24.0. The average Bonchev–Trinajstić information content (AvgIpc) is 3.19. The molecule has 0 unspecified atom stereocenters. The molecule has 0 spiro atoms. The Morgan fingerprint density at radius 2 is 1.94 bits per heavy atom. The third-order valence-corrected chi connectivity index (χ3v) is 6.80. The van der Waals surface area contributed by atoms with Crippen molar-refractivity contribution in [2.45, 2.75) is 58.8 Å². The number of carbonyl (C=O) groups is 1. The number of methoxy groups -OCH3 is 1. The highest BCUT2D eigenvalue weighted by Gasteiger charge is 2.24. The number of piperidine rings is 1. The van der Waals surface area contributed by atoms with Crippen molar-refractivity contribution in [3.63, 3.8) is 0 Å². The molecule has 8 heteroatoms. The van der Waals surface area contributed by atoms with Crippen molar-refractivity contribution in [1.29, 1.82) is 0 Å². The van der Waals surface area contributed by atoms with E-state index in [9.17, 15) is 4.79 Å². The second kappa shape index (κ2) is 9.60. The summed E-state index contributed by atoms with van der Waals surface area (Å²) in [6.07, 6.45) is 5.16. The van der Waals surface area contributed by atoms with Crippen LogP contribution in [0.3, 0.4) is 0 Å². The number of nitrogens with one attached hydrogen (secondary N) is 1. The van der Waals surface area contributed by atoms with E-state index in [1.165, 1.54) is 12.7 Å². The molecule has 2 aromatic heterocycles. The van der Waals surface area contributed by atoms with Gasteiger partial charge in [0.2, 0.25) is 5.95 Å². The van der Waals surface area contributed by atoms with Gasteiger partial charge >= 0.3 is 5.97 Å². The van der Waals surface area contributed by atoms with E-state index in [2.05, 4.69) is 61.1 Å². The number of rotatable bonds is 6. The van der Waals surface area contributed by atoms with E-state index in [1.807, 2.05) is 11.6 Å². The third kappa shape index (κ3) is 5.16. The van der Waals surface area contributed by atoms with E-state index < -0.39 is 0 Å². The number of carbonyl (C=O) groups excluding carboxylic acids is 1. The van der Waals surface area contributed by atoms with Gasteiger partial charge < -0.3 is 19.5 Å². The molecule has 0 aliphatic carbocycles. The van der Waals surface area contributed by atoms with E-state index in [-0.39, 0.29) is 11.4 Å². The number of ether oxygens (including phenoxy) is 1. The highest BCUT2D eigenvalue weighted by Crippen LogP contribution is 2.32. The molecule has 0 amide bonds. The van der Waals surface area contributed by atoms with Crippen LogP contribution >= 0.6 is 0 Å². The van der Waals surface area contributed by atoms with E-state index in [4.69, 9.17) is 14.7 Å². The lowest BCUT2D eigenvalue weighted by molar-refractivity contribution is -0.141. The second-order valence-corrected chi connectivity index (χ2v) is 10.3. The van der Waals surface area contributed by atoms with Crippen LogP contribution in [0.5, 0.6) is 0 Å². The van der Waals surface area contributed by atoms with Gasteiger partial charge in [-0.15, -0.1) is 0 Å². The fraction of sp³-hybridized carbons (Fsp3) is 0.538. The number of aromatic nitrogens is 4. The zero-order valence-electron chi connectivity index (χ0n) is 21.2. The number of hydrogen-bond acceptors (Lipinski definition) is 7. The molecule has 1 aromatic carbocycles. The smallest absolute Gasteiger partial charge is 0.305 e. The van der Waals surface area contributed by atoms with Crippen molar-refractivity contribution < 1.29 is 9.53 Å². The fourth-order valence-corrected chi connectivity index (χ4v) is 4.47. The molecule has 1 aliphatic rings. The second-order valence-electron chi connectivity index (χ2n) is 10.3. The first-order valence-electron chi connectivity index (χ1n) is 12.0. The van der Waals surface area contributed by atoms with Gasteiger partial charge in [0.1, 0.15) is 5.52 Å². The molecule has 3 heterocycles. The zero-order valence-corrected chi connectivity index (χ0v) is 21.2. The Kier molecular flexibility index (Phi) is 6.77. The Morgan fingerprint density at radius 1 is 1.21 bits per heavy atom. The number of benzene rings is 1. The van der Waals surface area contributed by atoms with Gasteiger partial charge in [-0.25, -0.2) is 4.98 Å². The fourth-order valence-electron chi connectivity index (χ4n) is 4.47. The topological polar surface area (TPSA) is 85.2 Å². The van der Waals surface area contributed by atoms with Crippen molar-refractivity contribution in [2.75, 3.05) is 30.4 Å². The molecule has 0 radical (unpaired) electrons. The number of aryl methyl sites for hydroxylation is 2. The summed E-state index contributed by atoms with van der Waals surface area (Å²) in [5.74, 6) is 1.86. The number of esters is 1. The van der Waals surface area contributed by atoms with E-state index in [0.717, 1.165) is 54.9 Å². The van der Waals surface area contributed by atoms with Crippen LogP contribution in [0.2, 0.25) is 0 Å². The van der Waals surface area contributed by atoms with Gasteiger partial charge in [0.25, 0.3) is 0 Å². The van der Waals surface area contributed by atoms with Crippen LogP contribution < -0.4 is 10.2 Å². The molecule has 1 fully saturated rings. The maximum absolute atomic E-state index is 11.5. The Bertz CT molecular complexity index is 1170. The molecule has 4 rings (SSSR count). The summed E-state index contributed by atoms with van der Waals surface area (Å²) >= 11 is 0. The monoisotopic (exact) mass is 464 g/mol. The van der Waals surface area contributed by atoms with Crippen molar-refractivity contribution >= 4 is 34.6 Å². The summed E-state index contributed by atoms with van der Waals surface area (Å²) in [6.45, 7) is 10.5. The summed E-state index contributed by atoms with van der Waals surface area (Å²) in [7, 11) is 3.41. The van der Waals surface area contributed by atoms with Gasteiger partial charge in [0, 0.05) is 32.2 Å². The van der Waals surface area contributed by atoms with Gasteiger partial charge in [-0.1, -0.05) is 32.9 Å². The first-order valence-corrected chi connectivity index (χ1v) is 12.0. The third-order valence-electron chi connectivity index (χ3n) is 6.80. The Hall–Kier alpha value is -3.16. The molecule has 3 aromatic rings. The first-order chi connectivity index (χ1) is 16.2. The average molecular weight is 465 g/mol. The molecule has 1 aliphatic heterocycles. The van der Waals surface area contributed by atoms with Crippen LogP contribution in [-0.4, -0.2) is 45.7 Å². The lowest BCUT2D eigenvalue weighted by Crippen LogP contribution is -2.35. The van der Waals surface area contributed by atoms with Crippen molar-refractivity contribution in [3.05, 3.63) is 35.7 Å². The van der Waals surface area contributed by atoms with Crippen LogP contribution in [0, 0.1) is 12.8 Å². The lowest BCUT2D eigenvalue weighted by atomic mass is 9.86. The molecule has 1 saturated heterocycles. The van der Waals surface area contributed by atoms with Crippen LogP contribution in [0.15, 0.2) is 24.5 Å². The molecule has 0 atom stereocenters. The summed E-state index contributed by atoms with van der Waals surface area (Å²) in [6, 6.07) is 6.56. The van der Waals surface area contributed by atoms with E-state index in [0.29, 0.717) is 23.9 Å². The maximum atomic E-state index is 11.5. The Morgan fingerprint density at radius 3 is 2.62 bits per heavy atom. The molecular formula is C26H36N6O2. The largest absolute Gasteiger partial charge is 0.469 e. The normalized spacial score (nSPS) is 15.1. The predicted octanol–water partition coefficient (Wildman–Crippen LogP) is 4.88. The summed E-state index contributed by atoms with van der Waals surface area (Å²) in [5, 5.41) is 3.59. The van der Waals surface area contributed by atoms with Gasteiger partial charge in [0.05, 0.1) is 13.4 Å². The Labute approximate surface area is 201 Å². The molecule has 34 heavy (non-hydrogen) atoms. The molecule has 8 nitrogen and oxygen atoms in total. The van der Waals surface area contributed by atoms with E-state index >= 15 is 0 Å². The predicted molar refractivity (Wildman–Crippen MR) is 136 cm³/mol. The van der Waals surface area contributed by atoms with Gasteiger partial charge in [-0.2, -0.15) is 9.97 Å². The van der Waals surface area contributed by atoms with Crippen LogP contribution in [-0.2, 0) is 22.0 Å². The molecular weight excluding hydrogens is 428 g/mol. The van der Waals surface area contributed by atoms with E-state index in [1.54, 1.807) is 6.33 Å². The standard InChI is InChI=1S/C26H36N6O2/c1-17-7-9-19(26(2,3)4)15-20(17)28-24-22-23(27-16-31(22)5)29-25(30-24)32-13-11-18(12-14-32)8-10-21(33)34-6/h7,9,15-16,18H,8,10-14H2,1-6H3,(H,28,29,30). The highest BCUT2D eigenvalue weighted by atomic mass is 16.5. The number of nitrogens with zero attached hydrogens (tertiary/aromatic N) is 5. The molecule has 0 saturated carbocycles. The number of hydrogen-bond donors (Lipinski definition) is 1. The molecule has 182 valence electrons. The maximum Gasteiger partial charge on any atom is 0.305 e. The highest BCUT2D eigenvalue weighted by molar-refractivity contribution is 5.87. The van der Waals surface area contributed by atoms with Crippen molar-refractivity contribution in [2.24, 2.45) is 13.0 Å². The van der Waals surface area contributed by atoms with Crippen LogP contribution in [0.4, 0.5) is 17.5 Å². The number of imidazole rings is 1. The molecule has 1 N–H and O–H groups in total. The van der Waals surface area contributed by atoms with Crippen LogP contribution in [0.25, 0.3) is 11.2 Å². The lowest BCUT2D eigenvalue weighted by Gasteiger charge is -2.32.